The predicted molar refractivity (Wildman–Crippen MR) is 97.3 cm³/mol. The molecule has 2 N–H and O–H groups in total. The molecule has 0 aromatic rings. The number of carbonyl (C=O) groups is 4. The monoisotopic (exact) mass is 420 g/mol. The summed E-state index contributed by atoms with van der Waals surface area (Å²) in [7, 11) is 0. The van der Waals surface area contributed by atoms with Gasteiger partial charge in [0.25, 0.3) is 0 Å². The molecular weight excluding hydrogens is 398 g/mol. The van der Waals surface area contributed by atoms with Gasteiger partial charge in [0.15, 0.2) is 0 Å². The summed E-state index contributed by atoms with van der Waals surface area (Å²) in [5.74, 6) is -8.09. The molecule has 0 heterocycles. The van der Waals surface area contributed by atoms with Crippen LogP contribution in [0.25, 0.3) is 0 Å². The van der Waals surface area contributed by atoms with E-state index >= 15 is 0 Å². The Hall–Kier alpha value is -1.04. The largest absolute Gasteiger partial charge is 0.501 e. The molecule has 0 aromatic heterocycles. The second-order valence-electron chi connectivity index (χ2n) is 4.33. The van der Waals surface area contributed by atoms with Crippen LogP contribution < -0.4 is 0 Å². The first kappa shape index (κ1) is 31.6. The smallest absolute Gasteiger partial charge is 0.374 e. The molecule has 0 unspecified atom stereocenters. The Morgan fingerprint density at radius 2 is 0.750 bits per heavy atom. The van der Waals surface area contributed by atoms with E-state index in [1.165, 1.54) is 27.7 Å². The van der Waals surface area contributed by atoms with Crippen LogP contribution >= 0.6 is 0 Å². The van der Waals surface area contributed by atoms with Crippen LogP contribution in [0, 0.1) is 0 Å². The van der Waals surface area contributed by atoms with Crippen molar-refractivity contribution >= 4 is 83.0 Å². The summed E-state index contributed by atoms with van der Waals surface area (Å²) in [5, 5.41) is 20.1. The summed E-state index contributed by atoms with van der Waals surface area (Å²) in [6.07, 6.45) is 0. The molecule has 0 aliphatic heterocycles. The minimum Gasteiger partial charge on any atom is -0.501 e. The second kappa shape index (κ2) is 16.9. The van der Waals surface area contributed by atoms with Crippen molar-refractivity contribution in [3.05, 3.63) is 22.7 Å². The number of carbonyl (C=O) groups excluding carboxylic acids is 4. The summed E-state index contributed by atoms with van der Waals surface area (Å²) in [6.45, 7) is 5.05. The summed E-state index contributed by atoms with van der Waals surface area (Å²) in [5.41, 5.74) is -2.15. The zero-order chi connectivity index (χ0) is 20.3. The number of hydrogen-bond acceptors (Lipinski definition) is 10. The van der Waals surface area contributed by atoms with Crippen LogP contribution in [0.1, 0.15) is 27.7 Å². The van der Waals surface area contributed by atoms with Gasteiger partial charge in [0, 0.05) is 59.1 Å². The van der Waals surface area contributed by atoms with E-state index in [0.29, 0.717) is 0 Å². The van der Waals surface area contributed by atoms with Crippen molar-refractivity contribution < 1.29 is 48.3 Å². The van der Waals surface area contributed by atoms with E-state index in [0.717, 1.165) is 0 Å². The van der Waals surface area contributed by atoms with Crippen LogP contribution in [-0.4, -0.2) is 120 Å². The second-order valence-corrected chi connectivity index (χ2v) is 4.33. The van der Waals surface area contributed by atoms with Crippen LogP contribution in [0.2, 0.25) is 0 Å². The third kappa shape index (κ3) is 9.44. The molecule has 10 nitrogen and oxygen atoms in total. The first-order valence-corrected chi connectivity index (χ1v) is 7.81. The van der Waals surface area contributed by atoms with Crippen molar-refractivity contribution in [2.75, 3.05) is 26.4 Å². The Bertz CT molecular complexity index is 571. The van der Waals surface area contributed by atoms with E-state index in [9.17, 15) is 29.4 Å². The fourth-order valence-corrected chi connectivity index (χ4v) is 1.64. The van der Waals surface area contributed by atoms with Gasteiger partial charge in [-0.1, -0.05) is 0 Å². The molecule has 0 rings (SSSR count). The molecule has 0 amide bonds. The quantitative estimate of drug-likeness (QED) is 0.132. The minimum atomic E-state index is -1.37. The molecule has 0 saturated heterocycles. The SMILES string of the molecule is CCOC(=O)/C(O)=C(C(=O)OCC)\C(C(=O)OCC)=C(\O)C(=O)OCC.[Na].[Na]. The first-order valence-electron chi connectivity index (χ1n) is 7.81. The van der Waals surface area contributed by atoms with E-state index in [1.807, 2.05) is 0 Å². The minimum absolute atomic E-state index is 0. The number of esters is 4. The molecule has 0 aliphatic rings. The molecule has 0 saturated carbocycles. The molecule has 2 radical (unpaired) electrons. The van der Waals surface area contributed by atoms with E-state index in [2.05, 4.69) is 18.9 Å². The van der Waals surface area contributed by atoms with Crippen molar-refractivity contribution in [3.8, 4) is 0 Å². The fourth-order valence-electron chi connectivity index (χ4n) is 1.64. The van der Waals surface area contributed by atoms with E-state index in [-0.39, 0.29) is 85.5 Å². The number of aliphatic hydroxyl groups is 2. The van der Waals surface area contributed by atoms with E-state index < -0.39 is 46.5 Å². The fraction of sp³-hybridized carbons (Fsp3) is 0.500. The van der Waals surface area contributed by atoms with Crippen molar-refractivity contribution in [2.45, 2.75) is 27.7 Å². The topological polar surface area (TPSA) is 146 Å². The molecule has 0 bridgehead atoms. The van der Waals surface area contributed by atoms with Gasteiger partial charge in [-0.15, -0.1) is 0 Å². The third-order valence-corrected chi connectivity index (χ3v) is 2.62. The average molecular weight is 420 g/mol. The van der Waals surface area contributed by atoms with Crippen molar-refractivity contribution in [1.29, 1.82) is 0 Å². The number of ether oxygens (including phenoxy) is 4. The Labute approximate surface area is 206 Å². The summed E-state index contributed by atoms with van der Waals surface area (Å²) in [6, 6.07) is 0. The molecule has 0 aliphatic carbocycles. The maximum Gasteiger partial charge on any atom is 0.374 e. The molecule has 0 aromatic carbocycles. The van der Waals surface area contributed by atoms with Gasteiger partial charge in [-0.25, -0.2) is 19.2 Å². The van der Waals surface area contributed by atoms with Crippen LogP contribution in [-0.2, 0) is 38.1 Å². The normalized spacial score (nSPS) is 11.4. The molecule has 0 atom stereocenters. The maximum atomic E-state index is 12.2. The summed E-state index contributed by atoms with van der Waals surface area (Å²) in [4.78, 5) is 47.9. The van der Waals surface area contributed by atoms with E-state index in [4.69, 9.17) is 0 Å². The third-order valence-electron chi connectivity index (χ3n) is 2.62. The van der Waals surface area contributed by atoms with E-state index in [1.54, 1.807) is 0 Å². The number of aliphatic hydroxyl groups excluding tert-OH is 2. The molecule has 148 valence electrons. The average Bonchev–Trinajstić information content (AvgIpc) is 2.59. The number of hydrogen-bond donors (Lipinski definition) is 2. The summed E-state index contributed by atoms with van der Waals surface area (Å²) >= 11 is 0. The maximum absolute atomic E-state index is 12.2. The van der Waals surface area contributed by atoms with Crippen LogP contribution in [0.5, 0.6) is 0 Å². The molecule has 0 fully saturated rings. The van der Waals surface area contributed by atoms with Crippen molar-refractivity contribution in [2.24, 2.45) is 0 Å². The predicted octanol–water partition coefficient (Wildman–Crippen LogP) is 0.101. The Morgan fingerprint density at radius 1 is 0.536 bits per heavy atom. The molecule has 28 heavy (non-hydrogen) atoms. The Morgan fingerprint density at radius 3 is 0.964 bits per heavy atom. The van der Waals surface area contributed by atoms with Crippen LogP contribution in [0.15, 0.2) is 22.7 Å². The Kier molecular flexibility index (Phi) is 19.1. The standard InChI is InChI=1S/C16H22O10.2Na/c1-5-23-13(19)9(11(17)15(21)25-7-3)10(14(20)24-6-2)12(18)16(22)26-8-4;;/h17-18H,5-8H2,1-4H3;;/b11-9-,12-10-;;. The van der Waals surface area contributed by atoms with Crippen molar-refractivity contribution in [1.82, 2.24) is 0 Å². The molecule has 0 spiro atoms. The van der Waals surface area contributed by atoms with Gasteiger partial charge in [-0.05, 0) is 27.7 Å². The van der Waals surface area contributed by atoms with Gasteiger partial charge in [0.1, 0.15) is 11.1 Å². The van der Waals surface area contributed by atoms with Gasteiger partial charge in [0.05, 0.1) is 26.4 Å². The van der Waals surface area contributed by atoms with Gasteiger partial charge >= 0.3 is 23.9 Å². The number of rotatable bonds is 9. The zero-order valence-corrected chi connectivity index (χ0v) is 21.0. The first-order chi connectivity index (χ1) is 12.3. The molecule has 12 heteroatoms. The van der Waals surface area contributed by atoms with Gasteiger partial charge < -0.3 is 29.2 Å². The van der Waals surface area contributed by atoms with Crippen LogP contribution in [0.4, 0.5) is 0 Å². The van der Waals surface area contributed by atoms with Gasteiger partial charge in [-0.3, -0.25) is 0 Å². The van der Waals surface area contributed by atoms with Crippen LogP contribution in [0.3, 0.4) is 0 Å². The zero-order valence-electron chi connectivity index (χ0n) is 17.0. The summed E-state index contributed by atoms with van der Waals surface area (Å²) < 4.78 is 18.5. The van der Waals surface area contributed by atoms with Gasteiger partial charge in [0.2, 0.25) is 11.5 Å². The van der Waals surface area contributed by atoms with Gasteiger partial charge in [-0.2, -0.15) is 0 Å². The van der Waals surface area contributed by atoms with Crippen molar-refractivity contribution in [3.63, 3.8) is 0 Å². The molecular formula is C16H22Na2O10. The Balaban J connectivity index is -0.00000312.